The van der Waals surface area contributed by atoms with Crippen LogP contribution >= 0.6 is 0 Å². The molecule has 0 unspecified atom stereocenters. The molecule has 1 heterocycles. The van der Waals surface area contributed by atoms with Gasteiger partial charge in [0.2, 0.25) is 0 Å². The highest BCUT2D eigenvalue weighted by Crippen LogP contribution is 2.18. The molecule has 0 aliphatic rings. The Morgan fingerprint density at radius 3 is 2.80 bits per heavy atom. The number of benzene rings is 1. The first-order chi connectivity index (χ1) is 9.72. The van der Waals surface area contributed by atoms with Gasteiger partial charge in [-0.05, 0) is 18.1 Å². The molecular weight excluding hydrogens is 252 g/mol. The van der Waals surface area contributed by atoms with Gasteiger partial charge in [-0.3, -0.25) is 0 Å². The summed E-state index contributed by atoms with van der Waals surface area (Å²) in [6, 6.07) is 9.75. The van der Waals surface area contributed by atoms with E-state index in [-0.39, 0.29) is 0 Å². The number of methoxy groups -OCH3 is 1. The van der Waals surface area contributed by atoms with Crippen LogP contribution < -0.4 is 15.8 Å². The van der Waals surface area contributed by atoms with Crippen molar-refractivity contribution in [3.8, 4) is 5.75 Å². The molecule has 0 bridgehead atoms. The third kappa shape index (κ3) is 3.60. The molecule has 106 valence electrons. The summed E-state index contributed by atoms with van der Waals surface area (Å²) < 4.78 is 5.33. The maximum absolute atomic E-state index is 5.75. The first kappa shape index (κ1) is 14.1. The van der Waals surface area contributed by atoms with Crippen molar-refractivity contribution in [2.24, 2.45) is 0 Å². The molecular formula is C15H20N4O. The van der Waals surface area contributed by atoms with Crippen molar-refractivity contribution in [2.75, 3.05) is 24.7 Å². The summed E-state index contributed by atoms with van der Waals surface area (Å²) in [7, 11) is 1.69. The Labute approximate surface area is 119 Å². The lowest BCUT2D eigenvalue weighted by atomic mass is 10.1. The first-order valence-corrected chi connectivity index (χ1v) is 6.72. The highest BCUT2D eigenvalue weighted by Gasteiger charge is 2.03. The average Bonchev–Trinajstić information content (AvgIpc) is 2.47. The van der Waals surface area contributed by atoms with Gasteiger partial charge in [0.25, 0.3) is 0 Å². The Hall–Kier alpha value is -2.30. The van der Waals surface area contributed by atoms with E-state index < -0.39 is 0 Å². The Morgan fingerprint density at radius 1 is 1.25 bits per heavy atom. The van der Waals surface area contributed by atoms with Crippen LogP contribution in [0.2, 0.25) is 0 Å². The summed E-state index contributed by atoms with van der Waals surface area (Å²) in [5, 5.41) is 3.27. The fourth-order valence-electron chi connectivity index (χ4n) is 2.00. The third-order valence-electron chi connectivity index (χ3n) is 3.00. The van der Waals surface area contributed by atoms with Crippen LogP contribution in [-0.4, -0.2) is 23.6 Å². The lowest BCUT2D eigenvalue weighted by Crippen LogP contribution is -2.09. The zero-order valence-corrected chi connectivity index (χ0v) is 11.9. The van der Waals surface area contributed by atoms with Gasteiger partial charge in [0.1, 0.15) is 23.2 Å². The second-order valence-electron chi connectivity index (χ2n) is 4.44. The maximum atomic E-state index is 5.75. The van der Waals surface area contributed by atoms with Gasteiger partial charge < -0.3 is 15.8 Å². The van der Waals surface area contributed by atoms with Crippen LogP contribution in [0.3, 0.4) is 0 Å². The van der Waals surface area contributed by atoms with Crippen LogP contribution in [0.1, 0.15) is 18.3 Å². The van der Waals surface area contributed by atoms with E-state index in [1.807, 2.05) is 25.1 Å². The molecule has 5 nitrogen and oxygen atoms in total. The van der Waals surface area contributed by atoms with Gasteiger partial charge in [0, 0.05) is 19.0 Å². The number of hydrogen-bond donors (Lipinski definition) is 2. The fraction of sp³-hybridized carbons (Fsp3) is 0.333. The van der Waals surface area contributed by atoms with Crippen molar-refractivity contribution >= 4 is 11.6 Å². The topological polar surface area (TPSA) is 73.1 Å². The number of nitrogen functional groups attached to an aromatic ring is 1. The average molecular weight is 272 g/mol. The van der Waals surface area contributed by atoms with E-state index in [1.165, 1.54) is 5.56 Å². The van der Waals surface area contributed by atoms with Gasteiger partial charge >= 0.3 is 0 Å². The molecule has 5 heteroatoms. The highest BCUT2D eigenvalue weighted by molar-refractivity contribution is 5.45. The molecule has 0 fully saturated rings. The van der Waals surface area contributed by atoms with Crippen LogP contribution in [0.25, 0.3) is 0 Å². The summed E-state index contributed by atoms with van der Waals surface area (Å²) in [6.45, 7) is 2.77. The number of nitrogens with two attached hydrogens (primary N) is 1. The Bertz CT molecular complexity index is 572. The molecule has 2 rings (SSSR count). The van der Waals surface area contributed by atoms with Gasteiger partial charge in [-0.25, -0.2) is 9.97 Å². The van der Waals surface area contributed by atoms with E-state index in [9.17, 15) is 0 Å². The normalized spacial score (nSPS) is 10.3. The van der Waals surface area contributed by atoms with Crippen molar-refractivity contribution < 1.29 is 4.74 Å². The van der Waals surface area contributed by atoms with Crippen LogP contribution in [0.4, 0.5) is 11.6 Å². The summed E-state index contributed by atoms with van der Waals surface area (Å²) in [5.41, 5.74) is 6.92. The molecule has 1 aromatic heterocycles. The number of aromatic nitrogens is 2. The number of aryl methyl sites for hydroxylation is 1. The van der Waals surface area contributed by atoms with Crippen molar-refractivity contribution in [3.05, 3.63) is 41.7 Å². The van der Waals surface area contributed by atoms with Gasteiger partial charge in [-0.15, -0.1) is 0 Å². The highest BCUT2D eigenvalue weighted by atomic mass is 16.5. The zero-order chi connectivity index (χ0) is 14.4. The lowest BCUT2D eigenvalue weighted by Gasteiger charge is -2.10. The number of hydrogen-bond acceptors (Lipinski definition) is 5. The molecule has 0 radical (unpaired) electrons. The van der Waals surface area contributed by atoms with Crippen LogP contribution in [-0.2, 0) is 12.8 Å². The molecule has 1 aromatic carbocycles. The number of ether oxygens (including phenoxy) is 1. The second-order valence-corrected chi connectivity index (χ2v) is 4.44. The van der Waals surface area contributed by atoms with Crippen LogP contribution in [0.5, 0.6) is 5.75 Å². The number of nitrogens with zero attached hydrogens (tertiary/aromatic N) is 2. The molecule has 0 saturated heterocycles. The molecule has 0 saturated carbocycles. The van der Waals surface area contributed by atoms with E-state index in [1.54, 1.807) is 13.2 Å². The van der Waals surface area contributed by atoms with E-state index in [2.05, 4.69) is 21.4 Å². The summed E-state index contributed by atoms with van der Waals surface area (Å²) >= 11 is 0. The molecule has 3 N–H and O–H groups in total. The van der Waals surface area contributed by atoms with Crippen LogP contribution in [0.15, 0.2) is 30.3 Å². The predicted octanol–water partition coefficient (Wildman–Crippen LogP) is 2.28. The van der Waals surface area contributed by atoms with E-state index >= 15 is 0 Å². The number of anilines is 2. The Balaban J connectivity index is 1.97. The minimum absolute atomic E-state index is 0.497. The Kier molecular flexibility index (Phi) is 4.76. The minimum atomic E-state index is 0.497. The molecule has 0 amide bonds. The predicted molar refractivity (Wildman–Crippen MR) is 81.0 cm³/mol. The summed E-state index contributed by atoms with van der Waals surface area (Å²) in [6.07, 6.45) is 1.63. The molecule has 0 aliphatic heterocycles. The van der Waals surface area contributed by atoms with E-state index in [0.29, 0.717) is 5.82 Å². The first-order valence-electron chi connectivity index (χ1n) is 6.72. The number of rotatable bonds is 6. The second kappa shape index (κ2) is 6.75. The van der Waals surface area contributed by atoms with Crippen molar-refractivity contribution in [1.29, 1.82) is 0 Å². The zero-order valence-electron chi connectivity index (χ0n) is 11.9. The summed E-state index contributed by atoms with van der Waals surface area (Å²) in [4.78, 5) is 8.54. The van der Waals surface area contributed by atoms with Gasteiger partial charge in [0.05, 0.1) is 7.11 Å². The molecule has 0 spiro atoms. The Morgan fingerprint density at radius 2 is 2.05 bits per heavy atom. The van der Waals surface area contributed by atoms with Gasteiger partial charge in [-0.2, -0.15) is 0 Å². The molecule has 0 aliphatic carbocycles. The summed E-state index contributed by atoms with van der Waals surface area (Å²) in [5.74, 6) is 2.93. The maximum Gasteiger partial charge on any atom is 0.132 e. The molecule has 2 aromatic rings. The quantitative estimate of drug-likeness (QED) is 0.844. The van der Waals surface area contributed by atoms with Gasteiger partial charge in [0.15, 0.2) is 0 Å². The smallest absolute Gasteiger partial charge is 0.132 e. The number of nitrogens with one attached hydrogen (secondary N) is 1. The van der Waals surface area contributed by atoms with E-state index in [4.69, 9.17) is 10.5 Å². The molecule has 20 heavy (non-hydrogen) atoms. The fourth-order valence-corrected chi connectivity index (χ4v) is 2.00. The van der Waals surface area contributed by atoms with Crippen LogP contribution in [0, 0.1) is 0 Å². The van der Waals surface area contributed by atoms with Crippen molar-refractivity contribution in [1.82, 2.24) is 9.97 Å². The lowest BCUT2D eigenvalue weighted by molar-refractivity contribution is 0.410. The molecule has 0 atom stereocenters. The van der Waals surface area contributed by atoms with Crippen molar-refractivity contribution in [3.63, 3.8) is 0 Å². The largest absolute Gasteiger partial charge is 0.496 e. The van der Waals surface area contributed by atoms with Gasteiger partial charge in [-0.1, -0.05) is 25.1 Å². The standard InChI is InChI=1S/C15H20N4O/c1-3-14-18-13(16)10-15(19-14)17-9-8-11-6-4-5-7-12(11)20-2/h4-7,10H,3,8-9H2,1-2H3,(H3,16,17,18,19). The minimum Gasteiger partial charge on any atom is -0.496 e. The number of para-hydroxylation sites is 1. The van der Waals surface area contributed by atoms with Crippen molar-refractivity contribution in [2.45, 2.75) is 19.8 Å². The van der Waals surface area contributed by atoms with E-state index in [0.717, 1.165) is 36.8 Å². The SMILES string of the molecule is CCc1nc(N)cc(NCCc2ccccc2OC)n1. The monoisotopic (exact) mass is 272 g/mol. The third-order valence-corrected chi connectivity index (χ3v) is 3.00.